The first kappa shape index (κ1) is 11.4. The first-order valence-electron chi connectivity index (χ1n) is 5.84. The highest BCUT2D eigenvalue weighted by atomic mass is 16.5. The summed E-state index contributed by atoms with van der Waals surface area (Å²) in [7, 11) is 1.60. The number of pyridine rings is 2. The molecule has 0 radical (unpaired) electrons. The lowest BCUT2D eigenvalue weighted by Gasteiger charge is -2.06. The van der Waals surface area contributed by atoms with E-state index >= 15 is 0 Å². The van der Waals surface area contributed by atoms with Gasteiger partial charge < -0.3 is 4.74 Å². The molecule has 94 valence electrons. The van der Waals surface area contributed by atoms with Gasteiger partial charge in [-0.3, -0.25) is 0 Å². The standard InChI is InChI=1S/C14H12N4O/c1-19-14-6-5-11(10-16-14)12-7-9-17-18(12)13-4-2-3-8-15-13/h2-10H,1H3. The van der Waals surface area contributed by atoms with E-state index in [1.54, 1.807) is 30.4 Å². The minimum atomic E-state index is 0.590. The quantitative estimate of drug-likeness (QED) is 0.718. The zero-order valence-electron chi connectivity index (χ0n) is 10.4. The second kappa shape index (κ2) is 4.89. The van der Waals surface area contributed by atoms with Crippen LogP contribution < -0.4 is 4.74 Å². The Hall–Kier alpha value is -2.69. The van der Waals surface area contributed by atoms with Gasteiger partial charge in [-0.1, -0.05) is 6.07 Å². The average Bonchev–Trinajstić information content (AvgIpc) is 2.98. The van der Waals surface area contributed by atoms with E-state index in [4.69, 9.17) is 4.74 Å². The van der Waals surface area contributed by atoms with E-state index in [0.29, 0.717) is 5.88 Å². The number of methoxy groups -OCH3 is 1. The van der Waals surface area contributed by atoms with Crippen LogP contribution in [0.5, 0.6) is 5.88 Å². The Balaban J connectivity index is 2.04. The number of hydrogen-bond donors (Lipinski definition) is 0. The molecule has 5 heteroatoms. The van der Waals surface area contributed by atoms with E-state index in [-0.39, 0.29) is 0 Å². The third-order valence-corrected chi connectivity index (χ3v) is 2.75. The normalized spacial score (nSPS) is 10.4. The summed E-state index contributed by atoms with van der Waals surface area (Å²) in [5, 5.41) is 4.30. The van der Waals surface area contributed by atoms with Crippen LogP contribution in [0.4, 0.5) is 0 Å². The number of nitrogens with zero attached hydrogens (tertiary/aromatic N) is 4. The van der Waals surface area contributed by atoms with Gasteiger partial charge in [0.15, 0.2) is 5.82 Å². The van der Waals surface area contributed by atoms with Crippen molar-refractivity contribution in [3.05, 3.63) is 55.0 Å². The van der Waals surface area contributed by atoms with Gasteiger partial charge in [-0.15, -0.1) is 0 Å². The fourth-order valence-corrected chi connectivity index (χ4v) is 1.84. The summed E-state index contributed by atoms with van der Waals surface area (Å²) in [5.41, 5.74) is 1.90. The van der Waals surface area contributed by atoms with Crippen LogP contribution in [0.2, 0.25) is 0 Å². The summed E-state index contributed by atoms with van der Waals surface area (Å²) in [6.45, 7) is 0. The van der Waals surface area contributed by atoms with Gasteiger partial charge in [0.05, 0.1) is 19.0 Å². The van der Waals surface area contributed by atoms with Crippen molar-refractivity contribution in [1.82, 2.24) is 19.7 Å². The van der Waals surface area contributed by atoms with Crippen LogP contribution in [0.3, 0.4) is 0 Å². The molecule has 0 aliphatic rings. The van der Waals surface area contributed by atoms with Crippen molar-refractivity contribution in [2.24, 2.45) is 0 Å². The molecule has 3 aromatic heterocycles. The van der Waals surface area contributed by atoms with E-state index in [0.717, 1.165) is 17.1 Å². The highest BCUT2D eigenvalue weighted by Gasteiger charge is 2.08. The summed E-state index contributed by atoms with van der Waals surface area (Å²) in [5.74, 6) is 1.37. The van der Waals surface area contributed by atoms with Gasteiger partial charge in [0.2, 0.25) is 5.88 Å². The van der Waals surface area contributed by atoms with Crippen molar-refractivity contribution in [1.29, 1.82) is 0 Å². The Morgan fingerprint density at radius 1 is 1.00 bits per heavy atom. The van der Waals surface area contributed by atoms with Gasteiger partial charge >= 0.3 is 0 Å². The van der Waals surface area contributed by atoms with Gasteiger partial charge in [0.1, 0.15) is 0 Å². The van der Waals surface area contributed by atoms with Crippen molar-refractivity contribution in [3.8, 4) is 23.0 Å². The maximum Gasteiger partial charge on any atom is 0.212 e. The smallest absolute Gasteiger partial charge is 0.212 e. The zero-order valence-corrected chi connectivity index (χ0v) is 10.4. The Labute approximate surface area is 110 Å². The third-order valence-electron chi connectivity index (χ3n) is 2.75. The molecule has 0 fully saturated rings. The summed E-state index contributed by atoms with van der Waals surface area (Å²) >= 11 is 0. The topological polar surface area (TPSA) is 52.8 Å². The van der Waals surface area contributed by atoms with Crippen LogP contribution in [0.1, 0.15) is 0 Å². The third kappa shape index (κ3) is 2.18. The van der Waals surface area contributed by atoms with Crippen LogP contribution in [-0.4, -0.2) is 26.9 Å². The molecule has 3 heterocycles. The lowest BCUT2D eigenvalue weighted by atomic mass is 10.2. The average molecular weight is 252 g/mol. The Morgan fingerprint density at radius 2 is 1.95 bits per heavy atom. The molecule has 0 saturated heterocycles. The number of rotatable bonds is 3. The van der Waals surface area contributed by atoms with E-state index in [9.17, 15) is 0 Å². The lowest BCUT2D eigenvalue weighted by molar-refractivity contribution is 0.398. The molecule has 0 spiro atoms. The summed E-state index contributed by atoms with van der Waals surface area (Å²) in [6, 6.07) is 11.4. The molecule has 0 aromatic carbocycles. The SMILES string of the molecule is COc1ccc(-c2ccnn2-c2ccccn2)cn1. The molecule has 0 aliphatic carbocycles. The monoisotopic (exact) mass is 252 g/mol. The fraction of sp³-hybridized carbons (Fsp3) is 0.0714. The van der Waals surface area contributed by atoms with Crippen LogP contribution in [0.15, 0.2) is 55.0 Å². The van der Waals surface area contributed by atoms with Crippen molar-refractivity contribution in [2.75, 3.05) is 7.11 Å². The van der Waals surface area contributed by atoms with Gasteiger partial charge in [-0.2, -0.15) is 5.10 Å². The molecule has 0 saturated carbocycles. The molecular formula is C14H12N4O. The number of hydrogen-bond acceptors (Lipinski definition) is 4. The Kier molecular flexibility index (Phi) is 2.94. The number of ether oxygens (including phenoxy) is 1. The van der Waals surface area contributed by atoms with Crippen molar-refractivity contribution in [2.45, 2.75) is 0 Å². The minimum absolute atomic E-state index is 0.590. The predicted molar refractivity (Wildman–Crippen MR) is 71.1 cm³/mol. The van der Waals surface area contributed by atoms with Crippen LogP contribution in [0, 0.1) is 0 Å². The second-order valence-corrected chi connectivity index (χ2v) is 3.91. The maximum absolute atomic E-state index is 5.06. The molecule has 0 unspecified atom stereocenters. The molecule has 3 rings (SSSR count). The molecular weight excluding hydrogens is 240 g/mol. The van der Waals surface area contributed by atoms with E-state index < -0.39 is 0 Å². The van der Waals surface area contributed by atoms with E-state index in [1.807, 2.05) is 36.4 Å². The maximum atomic E-state index is 5.06. The van der Waals surface area contributed by atoms with Crippen molar-refractivity contribution >= 4 is 0 Å². The molecule has 19 heavy (non-hydrogen) atoms. The van der Waals surface area contributed by atoms with Gasteiger partial charge in [-0.05, 0) is 24.3 Å². The van der Waals surface area contributed by atoms with Crippen LogP contribution in [-0.2, 0) is 0 Å². The molecule has 0 bridgehead atoms. The highest BCUT2D eigenvalue weighted by Crippen LogP contribution is 2.21. The largest absolute Gasteiger partial charge is 0.481 e. The lowest BCUT2D eigenvalue weighted by Crippen LogP contribution is -2.01. The van der Waals surface area contributed by atoms with Gasteiger partial charge in [0, 0.05) is 24.0 Å². The van der Waals surface area contributed by atoms with E-state index in [1.165, 1.54) is 0 Å². The number of aromatic nitrogens is 4. The van der Waals surface area contributed by atoms with Crippen LogP contribution in [0.25, 0.3) is 17.1 Å². The zero-order chi connectivity index (χ0) is 13.1. The minimum Gasteiger partial charge on any atom is -0.481 e. The molecule has 3 aromatic rings. The molecule has 0 amide bonds. The molecule has 5 nitrogen and oxygen atoms in total. The highest BCUT2D eigenvalue weighted by molar-refractivity contribution is 5.60. The molecule has 0 atom stereocenters. The van der Waals surface area contributed by atoms with Gasteiger partial charge in [-0.25, -0.2) is 14.6 Å². The Morgan fingerprint density at radius 3 is 2.63 bits per heavy atom. The first-order valence-corrected chi connectivity index (χ1v) is 5.84. The van der Waals surface area contributed by atoms with Crippen LogP contribution >= 0.6 is 0 Å². The van der Waals surface area contributed by atoms with Crippen molar-refractivity contribution < 1.29 is 4.74 Å². The second-order valence-electron chi connectivity index (χ2n) is 3.91. The summed E-state index contributed by atoms with van der Waals surface area (Å²) < 4.78 is 6.84. The molecule has 0 aliphatic heterocycles. The Bertz CT molecular complexity index is 661. The summed E-state index contributed by atoms with van der Waals surface area (Å²) in [6.07, 6.45) is 5.25. The predicted octanol–water partition coefficient (Wildman–Crippen LogP) is 2.34. The molecule has 0 N–H and O–H groups in total. The van der Waals surface area contributed by atoms with Crippen molar-refractivity contribution in [3.63, 3.8) is 0 Å². The van der Waals surface area contributed by atoms with E-state index in [2.05, 4.69) is 15.1 Å². The van der Waals surface area contributed by atoms with Gasteiger partial charge in [0.25, 0.3) is 0 Å². The first-order chi connectivity index (χ1) is 9.38. The fourth-order valence-electron chi connectivity index (χ4n) is 1.84. The summed E-state index contributed by atoms with van der Waals surface area (Å²) in [4.78, 5) is 8.50.